The summed E-state index contributed by atoms with van der Waals surface area (Å²) in [5.41, 5.74) is 0.747. The zero-order chi connectivity index (χ0) is 10.9. The van der Waals surface area contributed by atoms with Crippen LogP contribution in [-0.4, -0.2) is 19.7 Å². The molecule has 0 aromatic carbocycles. The highest BCUT2D eigenvalue weighted by Gasteiger charge is 2.26. The van der Waals surface area contributed by atoms with Gasteiger partial charge in [-0.3, -0.25) is 4.79 Å². The first-order valence-corrected chi connectivity index (χ1v) is 5.51. The van der Waals surface area contributed by atoms with Gasteiger partial charge in [-0.15, -0.1) is 11.6 Å². The lowest BCUT2D eigenvalue weighted by Gasteiger charge is -2.17. The van der Waals surface area contributed by atoms with Crippen LogP contribution in [0, 0.1) is 0 Å². The third-order valence-corrected chi connectivity index (χ3v) is 3.77. The van der Waals surface area contributed by atoms with Crippen molar-refractivity contribution in [1.82, 2.24) is 0 Å². The number of hydrogen-bond donors (Lipinski definition) is 0. The Morgan fingerprint density at radius 3 is 2.57 bits per heavy atom. The van der Waals surface area contributed by atoms with Crippen molar-refractivity contribution in [3.63, 3.8) is 0 Å². The number of alkyl halides is 1. The lowest BCUT2D eigenvalue weighted by Crippen LogP contribution is -2.20. The van der Waals surface area contributed by atoms with Crippen LogP contribution >= 0.6 is 34.8 Å². The van der Waals surface area contributed by atoms with E-state index in [1.54, 1.807) is 6.92 Å². The summed E-state index contributed by atoms with van der Waals surface area (Å²) in [6, 6.07) is 0. The Bertz CT molecular complexity index is 405. The van der Waals surface area contributed by atoms with Gasteiger partial charge < -0.3 is 0 Å². The zero-order valence-electron chi connectivity index (χ0n) is 7.01. The topological polar surface area (TPSA) is 34.1 Å². The van der Waals surface area contributed by atoms with Crippen molar-refractivity contribution >= 4 is 56.2 Å². The molecule has 1 atom stereocenters. The van der Waals surface area contributed by atoms with Crippen LogP contribution < -0.4 is 0 Å². The smallest absolute Gasteiger partial charge is 0.252 e. The van der Waals surface area contributed by atoms with Gasteiger partial charge in [0.15, 0.2) is 0 Å². The van der Waals surface area contributed by atoms with E-state index in [9.17, 15) is 9.00 Å². The van der Waals surface area contributed by atoms with Gasteiger partial charge in [0.05, 0.1) is 16.1 Å². The molecule has 0 fully saturated rings. The summed E-state index contributed by atoms with van der Waals surface area (Å²) in [5, 5.41) is -1.04. The van der Waals surface area contributed by atoms with Crippen LogP contribution in [0.4, 0.5) is 0 Å². The molecule has 76 valence electrons. The van der Waals surface area contributed by atoms with Gasteiger partial charge in [-0.1, -0.05) is 11.6 Å². The van der Waals surface area contributed by atoms with Gasteiger partial charge in [0, 0.05) is 10.6 Å². The molecule has 0 saturated carbocycles. The van der Waals surface area contributed by atoms with E-state index in [1.807, 2.05) is 0 Å². The Hall–Kier alpha value is -0.0900. The van der Waals surface area contributed by atoms with E-state index in [0.29, 0.717) is 5.57 Å². The van der Waals surface area contributed by atoms with E-state index in [4.69, 9.17) is 34.8 Å². The molecule has 0 aromatic heterocycles. The van der Waals surface area contributed by atoms with E-state index < -0.39 is 10.6 Å². The highest BCUT2D eigenvalue weighted by molar-refractivity contribution is 7.67. The van der Waals surface area contributed by atoms with Gasteiger partial charge in [-0.05, 0) is 30.2 Å². The average molecular weight is 272 g/mol. The second kappa shape index (κ2) is 4.62. The summed E-state index contributed by atoms with van der Waals surface area (Å²) in [4.78, 5) is 11.2. The lowest BCUT2D eigenvalue weighted by molar-refractivity contribution is -0.108. The van der Waals surface area contributed by atoms with Crippen molar-refractivity contribution in [2.75, 3.05) is 0 Å². The van der Waals surface area contributed by atoms with E-state index in [0.717, 1.165) is 0 Å². The molecule has 0 bridgehead atoms. The minimum Gasteiger partial charge on any atom is -0.276 e. The van der Waals surface area contributed by atoms with Gasteiger partial charge in [-0.2, -0.15) is 0 Å². The quantitative estimate of drug-likeness (QED) is 0.416. The summed E-state index contributed by atoms with van der Waals surface area (Å²) in [7, 11) is 0. The van der Waals surface area contributed by atoms with Crippen LogP contribution in [0.25, 0.3) is 0 Å². The second-order valence-electron chi connectivity index (χ2n) is 2.65. The van der Waals surface area contributed by atoms with Crippen LogP contribution in [-0.2, 0) is 16.1 Å². The minimum absolute atomic E-state index is 0.210. The fourth-order valence-corrected chi connectivity index (χ4v) is 2.22. The molecule has 1 rings (SSSR count). The standard InChI is InChI=1S/C8H5Cl3O2S/c1-3-4(8(11)12)2-5(14-13)7(10)6(3)9/h2,7H,1H3. The maximum atomic E-state index is 11.0. The highest BCUT2D eigenvalue weighted by Crippen LogP contribution is 2.30. The molecular formula is C8H5Cl3O2S. The Morgan fingerprint density at radius 2 is 2.14 bits per heavy atom. The Balaban J connectivity index is 3.34. The fraction of sp³-hybridized carbons (Fsp3) is 0.250. The van der Waals surface area contributed by atoms with Crippen molar-refractivity contribution < 1.29 is 9.00 Å². The number of rotatable bonds is 1. The molecule has 0 heterocycles. The van der Waals surface area contributed by atoms with Crippen molar-refractivity contribution in [3.05, 3.63) is 22.3 Å². The maximum absolute atomic E-state index is 11.0. The first-order chi connectivity index (χ1) is 6.49. The van der Waals surface area contributed by atoms with Gasteiger partial charge in [-0.25, -0.2) is 4.21 Å². The van der Waals surface area contributed by atoms with Crippen LogP contribution in [0.15, 0.2) is 22.3 Å². The van der Waals surface area contributed by atoms with E-state index in [1.165, 1.54) is 6.08 Å². The molecule has 0 radical (unpaired) electrons. The summed E-state index contributed by atoms with van der Waals surface area (Å²) < 4.78 is 10.6. The molecular weight excluding hydrogens is 267 g/mol. The van der Waals surface area contributed by atoms with E-state index in [-0.39, 0.29) is 26.7 Å². The Labute approximate surface area is 99.6 Å². The molecule has 0 N–H and O–H groups in total. The number of halogens is 3. The summed E-state index contributed by atoms with van der Waals surface area (Å²) in [6.45, 7) is 1.63. The zero-order valence-corrected chi connectivity index (χ0v) is 10.1. The average Bonchev–Trinajstić information content (AvgIpc) is 2.14. The van der Waals surface area contributed by atoms with Gasteiger partial charge in [0.1, 0.15) is 5.38 Å². The SMILES string of the molecule is CC1=C(Cl)C(Cl)C(=S=O)C=C1C(=O)Cl. The summed E-state index contributed by atoms with van der Waals surface area (Å²) in [6.07, 6.45) is 1.38. The van der Waals surface area contributed by atoms with Crippen LogP contribution in [0.5, 0.6) is 0 Å². The van der Waals surface area contributed by atoms with Crippen LogP contribution in [0.3, 0.4) is 0 Å². The fourth-order valence-electron chi connectivity index (χ4n) is 1.04. The summed E-state index contributed by atoms with van der Waals surface area (Å²) in [5.74, 6) is 0. The maximum Gasteiger partial charge on any atom is 0.252 e. The lowest BCUT2D eigenvalue weighted by atomic mass is 9.99. The molecule has 6 heteroatoms. The molecule has 0 amide bonds. The van der Waals surface area contributed by atoms with E-state index in [2.05, 4.69) is 0 Å². The van der Waals surface area contributed by atoms with E-state index >= 15 is 0 Å². The molecule has 14 heavy (non-hydrogen) atoms. The van der Waals surface area contributed by atoms with Crippen LogP contribution in [0.2, 0.25) is 0 Å². The summed E-state index contributed by atoms with van der Waals surface area (Å²) >= 11 is 17.2. The normalized spacial score (nSPS) is 22.1. The monoisotopic (exact) mass is 270 g/mol. The van der Waals surface area contributed by atoms with Gasteiger partial charge in [0.25, 0.3) is 5.24 Å². The predicted molar refractivity (Wildman–Crippen MR) is 60.3 cm³/mol. The molecule has 0 aliphatic heterocycles. The van der Waals surface area contributed by atoms with Gasteiger partial charge >= 0.3 is 0 Å². The van der Waals surface area contributed by atoms with Crippen molar-refractivity contribution in [2.24, 2.45) is 0 Å². The molecule has 1 aliphatic rings. The number of carbonyl (C=O) groups is 1. The highest BCUT2D eigenvalue weighted by atomic mass is 35.5. The molecule has 0 spiro atoms. The Kier molecular flexibility index (Phi) is 3.95. The number of hydrogen-bond acceptors (Lipinski definition) is 2. The van der Waals surface area contributed by atoms with Crippen molar-refractivity contribution in [3.8, 4) is 0 Å². The van der Waals surface area contributed by atoms with Gasteiger partial charge in [0.2, 0.25) is 0 Å². The Morgan fingerprint density at radius 1 is 1.57 bits per heavy atom. The molecule has 1 unspecified atom stereocenters. The first kappa shape index (κ1) is 12.0. The molecule has 0 saturated heterocycles. The third kappa shape index (κ3) is 2.11. The largest absolute Gasteiger partial charge is 0.276 e. The molecule has 1 aliphatic carbocycles. The molecule has 0 aromatic rings. The number of carbonyl (C=O) groups excluding carboxylic acids is 1. The van der Waals surface area contributed by atoms with Crippen LogP contribution in [0.1, 0.15) is 6.92 Å². The molecule has 2 nitrogen and oxygen atoms in total. The number of allylic oxidation sites excluding steroid dienone is 4. The minimum atomic E-state index is -0.668. The van der Waals surface area contributed by atoms with Crippen molar-refractivity contribution in [1.29, 1.82) is 0 Å². The van der Waals surface area contributed by atoms with Crippen molar-refractivity contribution in [2.45, 2.75) is 12.3 Å². The second-order valence-corrected chi connectivity index (χ2v) is 4.48. The first-order valence-electron chi connectivity index (χ1n) is 3.58. The third-order valence-electron chi connectivity index (χ3n) is 1.83. The predicted octanol–water partition coefficient (Wildman–Crippen LogP) is 2.20.